The normalized spacial score (nSPS) is 16.3. The first-order valence-corrected chi connectivity index (χ1v) is 9.42. The van der Waals surface area contributed by atoms with Gasteiger partial charge in [0.05, 0.1) is 16.6 Å². The van der Waals surface area contributed by atoms with Gasteiger partial charge in [-0.1, -0.05) is 24.8 Å². The highest BCUT2D eigenvalue weighted by Crippen LogP contribution is 2.35. The molecule has 3 aromatic rings. The van der Waals surface area contributed by atoms with Crippen molar-refractivity contribution in [3.63, 3.8) is 0 Å². The van der Waals surface area contributed by atoms with Crippen LogP contribution in [0.1, 0.15) is 36.8 Å². The van der Waals surface area contributed by atoms with E-state index in [0.29, 0.717) is 16.5 Å². The van der Waals surface area contributed by atoms with Gasteiger partial charge in [-0.05, 0) is 24.1 Å². The molecule has 1 aliphatic rings. The molecule has 26 heavy (non-hydrogen) atoms. The van der Waals surface area contributed by atoms with Gasteiger partial charge in [-0.3, -0.25) is 19.6 Å². The lowest BCUT2D eigenvalue weighted by molar-refractivity contribution is -0.116. The average Bonchev–Trinajstić information content (AvgIpc) is 2.65. The minimum atomic E-state index is -0.355. The molecule has 132 valence electrons. The van der Waals surface area contributed by atoms with Gasteiger partial charge in [0.25, 0.3) is 5.56 Å². The third-order valence-electron chi connectivity index (χ3n) is 4.27. The molecule has 0 aliphatic carbocycles. The molecule has 0 fully saturated rings. The third-order valence-corrected chi connectivity index (χ3v) is 5.35. The second-order valence-electron chi connectivity index (χ2n) is 6.09. The number of thioether (sulfide) groups is 1. The largest absolute Gasteiger partial charge is 0.310 e. The van der Waals surface area contributed by atoms with Gasteiger partial charge in [0.2, 0.25) is 5.91 Å². The van der Waals surface area contributed by atoms with Crippen LogP contribution in [0, 0.1) is 0 Å². The topological polar surface area (TPSA) is 101 Å². The Morgan fingerprint density at radius 2 is 2.00 bits per heavy atom. The number of fused-ring (bicyclic) bond motifs is 2. The summed E-state index contributed by atoms with van der Waals surface area (Å²) in [6.45, 7) is 2.06. The number of nitrogens with zero attached hydrogens (tertiary/aromatic N) is 3. The molecule has 8 heteroatoms. The van der Waals surface area contributed by atoms with Crippen LogP contribution in [0.15, 0.2) is 40.5 Å². The lowest BCUT2D eigenvalue weighted by Gasteiger charge is -2.24. The van der Waals surface area contributed by atoms with Gasteiger partial charge >= 0.3 is 0 Å². The zero-order valence-corrected chi connectivity index (χ0v) is 15.0. The van der Waals surface area contributed by atoms with Crippen molar-refractivity contribution in [3.05, 3.63) is 52.1 Å². The summed E-state index contributed by atoms with van der Waals surface area (Å²) in [5, 5.41) is 3.27. The van der Waals surface area contributed by atoms with E-state index in [2.05, 4.69) is 32.2 Å². The van der Waals surface area contributed by atoms with Crippen molar-refractivity contribution in [2.24, 2.45) is 0 Å². The van der Waals surface area contributed by atoms with E-state index in [0.717, 1.165) is 28.8 Å². The first-order chi connectivity index (χ1) is 12.7. The Bertz CT molecular complexity index is 1050. The van der Waals surface area contributed by atoms with Gasteiger partial charge in [-0.2, -0.15) is 0 Å². The van der Waals surface area contributed by atoms with Crippen molar-refractivity contribution in [1.29, 1.82) is 0 Å². The van der Waals surface area contributed by atoms with E-state index >= 15 is 0 Å². The smallest absolute Gasteiger partial charge is 0.257 e. The van der Waals surface area contributed by atoms with E-state index in [-0.39, 0.29) is 23.8 Å². The summed E-state index contributed by atoms with van der Waals surface area (Å²) >= 11 is 1.47. The molecule has 2 N–H and O–H groups in total. The Labute approximate surface area is 153 Å². The molecule has 1 atom stereocenters. The Morgan fingerprint density at radius 3 is 2.81 bits per heavy atom. The maximum absolute atomic E-state index is 12.7. The number of carbonyl (C=O) groups excluding carboxylic acids is 1. The number of rotatable bonds is 4. The van der Waals surface area contributed by atoms with Crippen molar-refractivity contribution in [1.82, 2.24) is 19.9 Å². The summed E-state index contributed by atoms with van der Waals surface area (Å²) in [7, 11) is 0. The van der Waals surface area contributed by atoms with Crippen LogP contribution in [0.3, 0.4) is 0 Å². The molecular weight excluding hydrogens is 350 g/mol. The van der Waals surface area contributed by atoms with Crippen LogP contribution in [0.2, 0.25) is 0 Å². The zero-order chi connectivity index (χ0) is 18.1. The number of amides is 1. The monoisotopic (exact) mass is 367 g/mol. The van der Waals surface area contributed by atoms with Crippen LogP contribution in [-0.4, -0.2) is 31.6 Å². The quantitative estimate of drug-likeness (QED) is 0.543. The molecule has 0 bridgehead atoms. The summed E-state index contributed by atoms with van der Waals surface area (Å²) < 4.78 is 0. The van der Waals surface area contributed by atoms with Crippen LogP contribution in [-0.2, 0) is 4.79 Å². The highest BCUT2D eigenvalue weighted by atomic mass is 32.2. The molecule has 0 saturated heterocycles. The van der Waals surface area contributed by atoms with E-state index in [1.807, 2.05) is 18.2 Å². The molecule has 0 spiro atoms. The minimum Gasteiger partial charge on any atom is -0.310 e. The highest BCUT2D eigenvalue weighted by Gasteiger charge is 2.31. The summed E-state index contributed by atoms with van der Waals surface area (Å²) in [5.74, 6) is 0.702. The Morgan fingerprint density at radius 1 is 1.19 bits per heavy atom. The van der Waals surface area contributed by atoms with Gasteiger partial charge in [-0.15, -0.1) is 0 Å². The summed E-state index contributed by atoms with van der Waals surface area (Å²) in [5.41, 5.74) is 2.65. The van der Waals surface area contributed by atoms with Crippen molar-refractivity contribution in [3.8, 4) is 0 Å². The minimum absolute atomic E-state index is 0.147. The van der Waals surface area contributed by atoms with Crippen molar-refractivity contribution >= 4 is 34.5 Å². The predicted molar refractivity (Wildman–Crippen MR) is 101 cm³/mol. The number of hydrogen-bond acceptors (Lipinski definition) is 6. The number of nitrogens with one attached hydrogen (secondary N) is 2. The van der Waals surface area contributed by atoms with Crippen molar-refractivity contribution in [2.45, 2.75) is 30.8 Å². The van der Waals surface area contributed by atoms with Gasteiger partial charge in [0.1, 0.15) is 5.82 Å². The summed E-state index contributed by atoms with van der Waals surface area (Å²) in [6, 6.07) is 5.63. The van der Waals surface area contributed by atoms with E-state index in [1.54, 1.807) is 12.4 Å². The average molecular weight is 367 g/mol. The second-order valence-corrected chi connectivity index (χ2v) is 7.17. The van der Waals surface area contributed by atoms with E-state index < -0.39 is 0 Å². The number of aromatic amines is 1. The maximum atomic E-state index is 12.7. The summed E-state index contributed by atoms with van der Waals surface area (Å²) in [6.07, 6.45) is 4.43. The van der Waals surface area contributed by atoms with Gasteiger partial charge in [0, 0.05) is 30.5 Å². The Balaban J connectivity index is 1.81. The number of hydrogen-bond donors (Lipinski definition) is 2. The van der Waals surface area contributed by atoms with Crippen LogP contribution >= 0.6 is 11.8 Å². The lowest BCUT2D eigenvalue weighted by atomic mass is 9.86. The van der Waals surface area contributed by atoms with Gasteiger partial charge in [0.15, 0.2) is 5.16 Å². The molecule has 1 amide bonds. The Kier molecular flexibility index (Phi) is 4.42. The fraction of sp³-hybridized carbons (Fsp3) is 0.278. The Hall–Kier alpha value is -2.74. The molecule has 2 aromatic heterocycles. The fourth-order valence-corrected chi connectivity index (χ4v) is 3.82. The number of aromatic nitrogens is 4. The number of H-pyrrole nitrogens is 1. The van der Waals surface area contributed by atoms with E-state index in [4.69, 9.17) is 0 Å². The van der Waals surface area contributed by atoms with E-state index in [9.17, 15) is 9.59 Å². The molecule has 3 heterocycles. The van der Waals surface area contributed by atoms with Crippen LogP contribution in [0.5, 0.6) is 0 Å². The highest BCUT2D eigenvalue weighted by molar-refractivity contribution is 7.99. The first-order valence-electron chi connectivity index (χ1n) is 8.43. The molecule has 0 radical (unpaired) electrons. The van der Waals surface area contributed by atoms with Crippen LogP contribution in [0.25, 0.3) is 11.0 Å². The molecule has 1 aliphatic heterocycles. The standard InChI is InChI=1S/C18H17N5O2S/c1-2-7-26-18-22-16-15(17(25)23-18)11(9-14(24)21-16)10-3-4-12-13(8-10)20-6-5-19-12/h3-6,8,11H,2,7,9H2,1H3,(H2,21,22,23,24,25). The predicted octanol–water partition coefficient (Wildman–Crippen LogP) is 2.69. The zero-order valence-electron chi connectivity index (χ0n) is 14.2. The van der Waals surface area contributed by atoms with Crippen LogP contribution < -0.4 is 10.9 Å². The lowest BCUT2D eigenvalue weighted by Crippen LogP contribution is -2.31. The molecule has 0 saturated carbocycles. The molecule has 1 aromatic carbocycles. The van der Waals surface area contributed by atoms with Crippen molar-refractivity contribution < 1.29 is 4.79 Å². The number of anilines is 1. The van der Waals surface area contributed by atoms with Gasteiger partial charge in [-0.25, -0.2) is 4.98 Å². The molecule has 4 rings (SSSR count). The maximum Gasteiger partial charge on any atom is 0.257 e. The molecular formula is C18H17N5O2S. The first kappa shape index (κ1) is 16.7. The molecule has 7 nitrogen and oxygen atoms in total. The van der Waals surface area contributed by atoms with Crippen molar-refractivity contribution in [2.75, 3.05) is 11.1 Å². The van der Waals surface area contributed by atoms with Gasteiger partial charge < -0.3 is 10.3 Å². The third kappa shape index (κ3) is 3.08. The van der Waals surface area contributed by atoms with E-state index in [1.165, 1.54) is 11.8 Å². The summed E-state index contributed by atoms with van der Waals surface area (Å²) in [4.78, 5) is 40.8. The number of carbonyl (C=O) groups is 1. The fourth-order valence-electron chi connectivity index (χ4n) is 3.10. The number of benzene rings is 1. The molecule has 1 unspecified atom stereocenters. The SMILES string of the molecule is CCCSc1nc2c(c(=O)[nH]1)C(c1ccc3nccnc3c1)CC(=O)N2. The van der Waals surface area contributed by atoms with Crippen LogP contribution in [0.4, 0.5) is 5.82 Å². The second kappa shape index (κ2) is 6.87.